The molecule has 3 rings (SSSR count). The van der Waals surface area contributed by atoms with Crippen molar-refractivity contribution in [2.75, 3.05) is 12.3 Å². The Kier molecular flexibility index (Phi) is 3.25. The second-order valence-corrected chi connectivity index (χ2v) is 4.45. The van der Waals surface area contributed by atoms with E-state index in [9.17, 15) is 5.11 Å². The molecule has 0 aliphatic heterocycles. The highest BCUT2D eigenvalue weighted by Crippen LogP contribution is 2.28. The van der Waals surface area contributed by atoms with Crippen molar-refractivity contribution in [1.82, 2.24) is 14.5 Å². The van der Waals surface area contributed by atoms with E-state index in [1.54, 1.807) is 0 Å². The molecule has 0 unspecified atom stereocenters. The van der Waals surface area contributed by atoms with Crippen LogP contribution in [-0.4, -0.2) is 26.2 Å². The lowest BCUT2D eigenvalue weighted by molar-refractivity contribution is 0.0852. The van der Waals surface area contributed by atoms with Gasteiger partial charge in [-0.3, -0.25) is 0 Å². The van der Waals surface area contributed by atoms with Gasteiger partial charge in [0.2, 0.25) is 0 Å². The van der Waals surface area contributed by atoms with Gasteiger partial charge < -0.3 is 20.1 Å². The van der Waals surface area contributed by atoms with Gasteiger partial charge in [0, 0.05) is 12.0 Å². The van der Waals surface area contributed by atoms with Gasteiger partial charge in [0.1, 0.15) is 24.7 Å². The van der Waals surface area contributed by atoms with Crippen LogP contribution in [0.2, 0.25) is 0 Å². The van der Waals surface area contributed by atoms with E-state index in [4.69, 9.17) is 10.5 Å². The second kappa shape index (κ2) is 5.07. The van der Waals surface area contributed by atoms with E-state index < -0.39 is 0 Å². The zero-order chi connectivity index (χ0) is 14.1. The maximum absolute atomic E-state index is 9.48. The average Bonchev–Trinajstić information content (AvgIpc) is 2.84. The van der Waals surface area contributed by atoms with Crippen LogP contribution in [0.15, 0.2) is 24.3 Å². The molecule has 20 heavy (non-hydrogen) atoms. The number of benzene rings is 1. The Balaban J connectivity index is 2.38. The summed E-state index contributed by atoms with van der Waals surface area (Å²) >= 11 is 0. The van der Waals surface area contributed by atoms with Gasteiger partial charge in [0.25, 0.3) is 0 Å². The quantitative estimate of drug-likeness (QED) is 0.754. The first kappa shape index (κ1) is 12.8. The highest BCUT2D eigenvalue weighted by atomic mass is 16.5. The van der Waals surface area contributed by atoms with Gasteiger partial charge >= 0.3 is 0 Å². The number of nitrogens with zero attached hydrogens (tertiary/aromatic N) is 3. The van der Waals surface area contributed by atoms with E-state index in [1.807, 2.05) is 35.8 Å². The Bertz CT molecular complexity index is 767. The van der Waals surface area contributed by atoms with Crippen LogP contribution >= 0.6 is 0 Å². The summed E-state index contributed by atoms with van der Waals surface area (Å²) < 4.78 is 7.31. The van der Waals surface area contributed by atoms with Crippen molar-refractivity contribution in [3.63, 3.8) is 0 Å². The third kappa shape index (κ3) is 1.90. The first-order valence-corrected chi connectivity index (χ1v) is 6.48. The normalized spacial score (nSPS) is 11.5. The fourth-order valence-electron chi connectivity index (χ4n) is 2.35. The van der Waals surface area contributed by atoms with Crippen molar-refractivity contribution in [3.8, 4) is 0 Å². The molecule has 0 saturated carbocycles. The first-order valence-electron chi connectivity index (χ1n) is 6.48. The summed E-state index contributed by atoms with van der Waals surface area (Å²) in [6.45, 7) is 2.67. The van der Waals surface area contributed by atoms with Crippen LogP contribution in [-0.2, 0) is 18.1 Å². The Morgan fingerprint density at radius 2 is 2.10 bits per heavy atom. The molecule has 2 heterocycles. The second-order valence-electron chi connectivity index (χ2n) is 4.45. The predicted octanol–water partition coefficient (Wildman–Crippen LogP) is 1.65. The molecular formula is C14H16N4O2. The number of aliphatic hydroxyl groups is 1. The lowest BCUT2D eigenvalue weighted by Crippen LogP contribution is -2.07. The molecule has 0 saturated heterocycles. The van der Waals surface area contributed by atoms with E-state index in [1.165, 1.54) is 0 Å². The highest BCUT2D eigenvalue weighted by molar-refractivity contribution is 6.06. The monoisotopic (exact) mass is 272 g/mol. The summed E-state index contributed by atoms with van der Waals surface area (Å²) in [7, 11) is 0. The number of anilines is 1. The van der Waals surface area contributed by atoms with E-state index >= 15 is 0 Å². The molecule has 0 spiro atoms. The van der Waals surface area contributed by atoms with Gasteiger partial charge in [0.05, 0.1) is 11.0 Å². The molecule has 0 fully saturated rings. The number of nitrogens with two attached hydrogens (primary N) is 1. The third-order valence-electron chi connectivity index (χ3n) is 3.26. The number of fused-ring (bicyclic) bond motifs is 3. The standard InChI is InChI=1S/C14H16N4O2/c1-2-20-8-18-11(7-19)17-12-13(18)9-5-3-4-6-10(9)16-14(12)15/h3-6,19H,2,7-8H2,1H3,(H2,15,16). The van der Waals surface area contributed by atoms with Crippen molar-refractivity contribution in [2.45, 2.75) is 20.3 Å². The van der Waals surface area contributed by atoms with Crippen LogP contribution in [0, 0.1) is 0 Å². The molecule has 0 amide bonds. The van der Waals surface area contributed by atoms with Crippen molar-refractivity contribution >= 4 is 27.8 Å². The van der Waals surface area contributed by atoms with E-state index in [2.05, 4.69) is 9.97 Å². The number of pyridine rings is 1. The Morgan fingerprint density at radius 3 is 2.85 bits per heavy atom. The van der Waals surface area contributed by atoms with Crippen molar-refractivity contribution in [2.24, 2.45) is 0 Å². The largest absolute Gasteiger partial charge is 0.388 e. The van der Waals surface area contributed by atoms with Crippen molar-refractivity contribution < 1.29 is 9.84 Å². The Morgan fingerprint density at radius 1 is 1.30 bits per heavy atom. The minimum Gasteiger partial charge on any atom is -0.388 e. The topological polar surface area (TPSA) is 86.2 Å². The molecule has 104 valence electrons. The van der Waals surface area contributed by atoms with Crippen LogP contribution in [0.4, 0.5) is 5.82 Å². The number of aliphatic hydroxyl groups excluding tert-OH is 1. The molecule has 2 aromatic heterocycles. The zero-order valence-corrected chi connectivity index (χ0v) is 11.2. The molecule has 6 heteroatoms. The predicted molar refractivity (Wildman–Crippen MR) is 77.0 cm³/mol. The fraction of sp³-hybridized carbons (Fsp3) is 0.286. The van der Waals surface area contributed by atoms with Gasteiger partial charge in [-0.05, 0) is 13.0 Å². The van der Waals surface area contributed by atoms with Gasteiger partial charge in [-0.15, -0.1) is 0 Å². The number of rotatable bonds is 4. The molecule has 6 nitrogen and oxygen atoms in total. The zero-order valence-electron chi connectivity index (χ0n) is 11.2. The first-order chi connectivity index (χ1) is 9.76. The summed E-state index contributed by atoms with van der Waals surface area (Å²) in [5.74, 6) is 0.891. The van der Waals surface area contributed by atoms with E-state index in [0.717, 1.165) is 16.4 Å². The van der Waals surface area contributed by atoms with Gasteiger partial charge in [0.15, 0.2) is 5.82 Å². The summed E-state index contributed by atoms with van der Waals surface area (Å²) in [6.07, 6.45) is 0. The smallest absolute Gasteiger partial charge is 0.152 e. The number of nitrogen functional groups attached to an aromatic ring is 1. The SMILES string of the molecule is CCOCn1c(CO)nc2c(N)nc3ccccc3c21. The van der Waals surface area contributed by atoms with E-state index in [-0.39, 0.29) is 6.61 Å². The van der Waals surface area contributed by atoms with Gasteiger partial charge in [-0.25, -0.2) is 9.97 Å². The van der Waals surface area contributed by atoms with Crippen molar-refractivity contribution in [1.29, 1.82) is 0 Å². The molecule has 0 aliphatic rings. The maximum atomic E-state index is 9.48. The number of hydrogen-bond donors (Lipinski definition) is 2. The number of para-hydroxylation sites is 1. The molecule has 0 radical (unpaired) electrons. The van der Waals surface area contributed by atoms with Crippen molar-refractivity contribution in [3.05, 3.63) is 30.1 Å². The molecular weight excluding hydrogens is 256 g/mol. The molecule has 0 aliphatic carbocycles. The number of imidazole rings is 1. The summed E-state index contributed by atoms with van der Waals surface area (Å²) in [5, 5.41) is 10.4. The van der Waals surface area contributed by atoms with Gasteiger partial charge in [-0.2, -0.15) is 0 Å². The molecule has 3 aromatic rings. The van der Waals surface area contributed by atoms with Crippen LogP contribution in [0.3, 0.4) is 0 Å². The Labute approximate surface area is 115 Å². The van der Waals surface area contributed by atoms with Crippen LogP contribution in [0.25, 0.3) is 21.9 Å². The number of hydrogen-bond acceptors (Lipinski definition) is 5. The molecule has 3 N–H and O–H groups in total. The van der Waals surface area contributed by atoms with Crippen LogP contribution in [0.1, 0.15) is 12.7 Å². The lowest BCUT2D eigenvalue weighted by Gasteiger charge is -2.09. The number of ether oxygens (including phenoxy) is 1. The average molecular weight is 272 g/mol. The highest BCUT2D eigenvalue weighted by Gasteiger charge is 2.16. The molecule has 0 bridgehead atoms. The van der Waals surface area contributed by atoms with Crippen LogP contribution in [0.5, 0.6) is 0 Å². The molecule has 1 aromatic carbocycles. The Hall–Kier alpha value is -2.18. The van der Waals surface area contributed by atoms with Gasteiger partial charge in [-0.1, -0.05) is 18.2 Å². The summed E-state index contributed by atoms with van der Waals surface area (Å²) in [4.78, 5) is 8.73. The third-order valence-corrected chi connectivity index (χ3v) is 3.26. The summed E-state index contributed by atoms with van der Waals surface area (Å²) in [6, 6.07) is 7.73. The summed E-state index contributed by atoms with van der Waals surface area (Å²) in [5.41, 5.74) is 8.24. The number of aromatic nitrogens is 3. The molecule has 0 atom stereocenters. The lowest BCUT2D eigenvalue weighted by atomic mass is 10.2. The van der Waals surface area contributed by atoms with Crippen LogP contribution < -0.4 is 5.73 Å². The minimum atomic E-state index is -0.171. The minimum absolute atomic E-state index is 0.171. The van der Waals surface area contributed by atoms with E-state index in [0.29, 0.717) is 30.5 Å². The maximum Gasteiger partial charge on any atom is 0.152 e. The fourth-order valence-corrected chi connectivity index (χ4v) is 2.35.